The Morgan fingerprint density at radius 1 is 0.442 bits per heavy atom. The van der Waals surface area contributed by atoms with Crippen LogP contribution in [0.1, 0.15) is 193 Å². The Balaban J connectivity index is 0.000000151. The Hall–Kier alpha value is 0.144. The molecule has 0 aliphatic heterocycles. The van der Waals surface area contributed by atoms with Gasteiger partial charge in [0.15, 0.2) is 0 Å². The second kappa shape index (κ2) is 25.4. The van der Waals surface area contributed by atoms with E-state index in [0.29, 0.717) is 0 Å². The van der Waals surface area contributed by atoms with Crippen LogP contribution in [0.5, 0.6) is 5.75 Å². The van der Waals surface area contributed by atoms with Gasteiger partial charge in [0.2, 0.25) is 0 Å². The molecule has 0 atom stereocenters. The number of methoxy groups -OCH3 is 1. The van der Waals surface area contributed by atoms with E-state index in [1.54, 1.807) is 200 Å². The molecule has 0 saturated heterocycles. The Kier molecular flexibility index (Phi) is 21.1. The van der Waals surface area contributed by atoms with Crippen LogP contribution in [0.3, 0.4) is 0 Å². The molecule has 297 valence electrons. The monoisotopic (exact) mass is 812 g/mol. The maximum absolute atomic E-state index is 5.07. The standard InChI is InChI=1S/2C18H33P.C11H9O.ClH.Ni/c2*1-4-10-16(11-5-1)19(17-12-6-2-7-13-17)18-14-8-3-9-15-18;1-12-11-7-6-9-4-2-3-5-10(9)8-11;;/h2*16-18H,1-15H2;2-7H,1H3;1H;/q;;-1;;+1/p+1. The molecule has 0 aromatic heterocycles. The van der Waals surface area contributed by atoms with Gasteiger partial charge >= 0.3 is 24.8 Å². The molecule has 8 rings (SSSR count). The Morgan fingerprint density at radius 2 is 0.731 bits per heavy atom. The van der Waals surface area contributed by atoms with E-state index in [2.05, 4.69) is 36.9 Å². The van der Waals surface area contributed by atoms with Crippen LogP contribution >= 0.6 is 26.0 Å². The van der Waals surface area contributed by atoms with Gasteiger partial charge in [0.05, 0.1) is 41.1 Å². The average Bonchev–Trinajstić information content (AvgIpc) is 3.24. The number of fused-ring (bicyclic) bond motifs is 1. The fraction of sp³-hybridized carbons (Fsp3) is 0.787. The van der Waals surface area contributed by atoms with Crippen molar-refractivity contribution in [2.24, 2.45) is 0 Å². The van der Waals surface area contributed by atoms with Crippen LogP contribution in [0.2, 0.25) is 0 Å². The quantitative estimate of drug-likeness (QED) is 0.154. The van der Waals surface area contributed by atoms with E-state index in [0.717, 1.165) is 11.1 Å². The molecule has 0 spiro atoms. The third-order valence-corrected chi connectivity index (χ3v) is 23.4. The summed E-state index contributed by atoms with van der Waals surface area (Å²) in [5.74, 6) is 0.786. The molecule has 6 aliphatic carbocycles. The van der Waals surface area contributed by atoms with Gasteiger partial charge in [-0.1, -0.05) is 56.7 Å². The Morgan fingerprint density at radius 3 is 1.02 bits per heavy atom. The van der Waals surface area contributed by atoms with Gasteiger partial charge in [0.25, 0.3) is 0 Å². The molecule has 2 aromatic carbocycles. The van der Waals surface area contributed by atoms with Gasteiger partial charge < -0.3 is 4.74 Å². The summed E-state index contributed by atoms with van der Waals surface area (Å²) in [5.41, 5.74) is 7.36. The summed E-state index contributed by atoms with van der Waals surface area (Å²) in [6.07, 6.45) is 47.6. The van der Waals surface area contributed by atoms with Gasteiger partial charge in [0, 0.05) is 21.6 Å². The number of rotatable bonds is 7. The van der Waals surface area contributed by atoms with Crippen molar-refractivity contribution < 1.29 is 19.3 Å². The SMILES string of the molecule is C1CCC([PH+](C2CCCCC2)C2CCCCC2)CC1.C1CCC([PH+](C2CCCCC2)C2CCCCC2)CC1.COc1[c-]c2ccccc2cc1.[Cl][Ni]. The fourth-order valence-corrected chi connectivity index (χ4v) is 22.3. The van der Waals surface area contributed by atoms with Crippen molar-refractivity contribution in [3.63, 3.8) is 0 Å². The zero-order valence-electron chi connectivity index (χ0n) is 33.2. The summed E-state index contributed by atoms with van der Waals surface area (Å²) in [5, 5.41) is 2.29. The van der Waals surface area contributed by atoms with Crippen LogP contribution < -0.4 is 4.74 Å². The summed E-state index contributed by atoms with van der Waals surface area (Å²) in [4.78, 5) is 0. The third-order valence-electron chi connectivity index (χ3n) is 14.3. The van der Waals surface area contributed by atoms with Crippen LogP contribution in [-0.4, -0.2) is 41.1 Å². The predicted molar refractivity (Wildman–Crippen MR) is 233 cm³/mol. The average molecular weight is 814 g/mol. The first-order valence-electron chi connectivity index (χ1n) is 22.6. The van der Waals surface area contributed by atoms with Gasteiger partial charge in [0.1, 0.15) is 0 Å². The molecule has 0 amide bonds. The van der Waals surface area contributed by atoms with Gasteiger partial charge in [-0.15, -0.1) is 35.0 Å². The first-order valence-corrected chi connectivity index (χ1v) is 27.4. The first kappa shape index (κ1) is 43.3. The molecule has 5 heteroatoms. The van der Waals surface area contributed by atoms with E-state index in [1.165, 1.54) is 39.3 Å². The van der Waals surface area contributed by atoms with E-state index >= 15 is 0 Å². The fourth-order valence-electron chi connectivity index (χ4n) is 11.8. The molecule has 0 radical (unpaired) electrons. The molecule has 52 heavy (non-hydrogen) atoms. The summed E-state index contributed by atoms with van der Waals surface area (Å²) < 4.78 is 5.07. The van der Waals surface area contributed by atoms with Gasteiger partial charge in [-0.25, -0.2) is 0 Å². The molecular formula is C47H77ClNiOP2+. The summed E-state index contributed by atoms with van der Waals surface area (Å²) in [6, 6.07) is 15.2. The van der Waals surface area contributed by atoms with Gasteiger partial charge in [-0.3, -0.25) is 0 Å². The normalized spacial score (nSPS) is 23.6. The summed E-state index contributed by atoms with van der Waals surface area (Å²) in [6.45, 7) is 0. The van der Waals surface area contributed by atoms with Crippen molar-refractivity contribution in [3.05, 3.63) is 42.5 Å². The van der Waals surface area contributed by atoms with Gasteiger partial charge in [-0.05, 0) is 154 Å². The van der Waals surface area contributed by atoms with E-state index in [9.17, 15) is 0 Å². The number of hydrogen-bond acceptors (Lipinski definition) is 1. The molecule has 6 saturated carbocycles. The number of halogens is 1. The minimum absolute atomic E-state index is 0.0465. The maximum atomic E-state index is 5.07. The second-order valence-electron chi connectivity index (χ2n) is 17.6. The molecule has 0 heterocycles. The van der Waals surface area contributed by atoms with Crippen LogP contribution in [0.4, 0.5) is 0 Å². The molecule has 6 aliphatic rings. The number of ether oxygens (including phenoxy) is 1. The minimum atomic E-state index is -0.0465. The van der Waals surface area contributed by atoms with Crippen molar-refractivity contribution in [1.82, 2.24) is 0 Å². The molecule has 0 unspecified atom stereocenters. The van der Waals surface area contributed by atoms with Crippen LogP contribution in [0.25, 0.3) is 10.8 Å². The third kappa shape index (κ3) is 13.7. The van der Waals surface area contributed by atoms with E-state index in [4.69, 9.17) is 4.74 Å². The summed E-state index contributed by atoms with van der Waals surface area (Å²) >= 11 is 3.35. The molecule has 0 bridgehead atoms. The first-order chi connectivity index (χ1) is 25.8. The zero-order valence-corrected chi connectivity index (χ0v) is 37.0. The summed E-state index contributed by atoms with van der Waals surface area (Å²) in [7, 11) is 5.82. The van der Waals surface area contributed by atoms with Crippen LogP contribution in [0, 0.1) is 6.07 Å². The van der Waals surface area contributed by atoms with Gasteiger partial charge in [-0.2, -0.15) is 0 Å². The molecule has 0 N–H and O–H groups in total. The van der Waals surface area contributed by atoms with Crippen molar-refractivity contribution in [1.29, 1.82) is 0 Å². The van der Waals surface area contributed by atoms with E-state index in [1.807, 2.05) is 30.3 Å². The van der Waals surface area contributed by atoms with E-state index in [-0.39, 0.29) is 15.8 Å². The second-order valence-corrected chi connectivity index (χ2v) is 24.5. The number of hydrogen-bond donors (Lipinski definition) is 0. The van der Waals surface area contributed by atoms with Crippen molar-refractivity contribution in [2.45, 2.75) is 227 Å². The Labute approximate surface area is 336 Å². The van der Waals surface area contributed by atoms with E-state index < -0.39 is 0 Å². The van der Waals surface area contributed by atoms with Crippen molar-refractivity contribution >= 4 is 36.8 Å². The molecule has 1 nitrogen and oxygen atoms in total. The molecule has 2 aromatic rings. The van der Waals surface area contributed by atoms with Crippen LogP contribution in [0.15, 0.2) is 36.4 Å². The van der Waals surface area contributed by atoms with Crippen molar-refractivity contribution in [3.8, 4) is 5.75 Å². The van der Waals surface area contributed by atoms with Crippen molar-refractivity contribution in [2.75, 3.05) is 7.11 Å². The Bertz CT molecular complexity index is 1050. The van der Waals surface area contributed by atoms with Crippen LogP contribution in [-0.2, 0) is 14.6 Å². The predicted octanol–water partition coefficient (Wildman–Crippen LogP) is 15.7. The topological polar surface area (TPSA) is 9.23 Å². The zero-order chi connectivity index (χ0) is 36.2. The molecule has 6 fully saturated rings. The number of benzene rings is 2. The molecular weight excluding hydrogens is 737 g/mol.